The third-order valence-electron chi connectivity index (χ3n) is 13.3. The highest BCUT2D eigenvalue weighted by molar-refractivity contribution is 6.06. The number of hydrogen-bond acceptors (Lipinski definition) is 2. The van der Waals surface area contributed by atoms with Crippen molar-refractivity contribution in [2.24, 2.45) is 0 Å². The van der Waals surface area contributed by atoms with Crippen LogP contribution in [0.3, 0.4) is 0 Å². The molecule has 296 valence electrons. The Morgan fingerprint density at radius 1 is 0.302 bits per heavy atom. The molecule has 0 atom stereocenters. The van der Waals surface area contributed by atoms with E-state index in [9.17, 15) is 0 Å². The molecule has 0 bridgehead atoms. The monoisotopic (exact) mass is 802 g/mol. The Hall–Kier alpha value is -7.94. The smallest absolute Gasteiger partial charge is 0.161 e. The minimum absolute atomic E-state index is 0.0989. The third kappa shape index (κ3) is 6.17. The molecule has 1 aliphatic rings. The van der Waals surface area contributed by atoms with Crippen LogP contribution >= 0.6 is 0 Å². The first-order valence-corrected chi connectivity index (χ1v) is 21.8. The molecule has 1 aliphatic carbocycles. The van der Waals surface area contributed by atoms with E-state index in [1.54, 1.807) is 0 Å². The van der Waals surface area contributed by atoms with Crippen molar-refractivity contribution in [3.05, 3.63) is 230 Å². The van der Waals surface area contributed by atoms with E-state index in [4.69, 9.17) is 9.97 Å². The van der Waals surface area contributed by atoms with Crippen molar-refractivity contribution in [3.63, 3.8) is 0 Å². The number of fused-ring (bicyclic) bond motifs is 7. The second kappa shape index (κ2) is 14.6. The van der Waals surface area contributed by atoms with Gasteiger partial charge in [-0.25, -0.2) is 9.97 Å². The van der Waals surface area contributed by atoms with Crippen LogP contribution in [0.5, 0.6) is 0 Å². The Bertz CT molecular complexity index is 3580. The second-order valence-electron chi connectivity index (χ2n) is 17.3. The molecule has 0 saturated heterocycles. The first-order valence-electron chi connectivity index (χ1n) is 21.8. The van der Waals surface area contributed by atoms with Gasteiger partial charge >= 0.3 is 0 Å². The molecule has 0 saturated carbocycles. The maximum Gasteiger partial charge on any atom is 0.161 e. The quantitative estimate of drug-likeness (QED) is 0.167. The van der Waals surface area contributed by atoms with Gasteiger partial charge in [0.1, 0.15) is 0 Å². The number of benzene rings is 10. The van der Waals surface area contributed by atoms with E-state index in [1.165, 1.54) is 77.0 Å². The maximum absolute atomic E-state index is 5.34. The van der Waals surface area contributed by atoms with Gasteiger partial charge in [0.25, 0.3) is 0 Å². The second-order valence-corrected chi connectivity index (χ2v) is 17.3. The van der Waals surface area contributed by atoms with Crippen molar-refractivity contribution in [2.75, 3.05) is 0 Å². The summed E-state index contributed by atoms with van der Waals surface area (Å²) < 4.78 is 0. The fraction of sp³-hybridized carbons (Fsp3) is 0.0492. The van der Waals surface area contributed by atoms with Gasteiger partial charge in [0.2, 0.25) is 0 Å². The summed E-state index contributed by atoms with van der Waals surface area (Å²) in [6, 6.07) is 79.0. The van der Waals surface area contributed by atoms with Crippen molar-refractivity contribution in [2.45, 2.75) is 19.3 Å². The summed E-state index contributed by atoms with van der Waals surface area (Å²) in [6.07, 6.45) is 0. The van der Waals surface area contributed by atoms with Gasteiger partial charge in [-0.3, -0.25) is 0 Å². The summed E-state index contributed by atoms with van der Waals surface area (Å²) in [5, 5.41) is 7.43. The van der Waals surface area contributed by atoms with Crippen LogP contribution in [0.25, 0.3) is 111 Å². The Morgan fingerprint density at radius 2 is 0.810 bits per heavy atom. The predicted molar refractivity (Wildman–Crippen MR) is 265 cm³/mol. The Kier molecular flexibility index (Phi) is 8.55. The lowest BCUT2D eigenvalue weighted by Gasteiger charge is -2.23. The summed E-state index contributed by atoms with van der Waals surface area (Å²) in [4.78, 5) is 10.6. The lowest BCUT2D eigenvalue weighted by molar-refractivity contribution is 0.666. The Balaban J connectivity index is 0.941. The molecule has 10 aromatic carbocycles. The van der Waals surface area contributed by atoms with Crippen molar-refractivity contribution in [1.82, 2.24) is 9.97 Å². The van der Waals surface area contributed by atoms with E-state index in [0.717, 1.165) is 39.0 Å². The molecule has 0 amide bonds. The van der Waals surface area contributed by atoms with Gasteiger partial charge in [-0.2, -0.15) is 0 Å². The highest BCUT2D eigenvalue weighted by Gasteiger charge is 2.37. The average molecular weight is 803 g/mol. The predicted octanol–water partition coefficient (Wildman–Crippen LogP) is 16.2. The molecule has 1 heterocycles. The van der Waals surface area contributed by atoms with Crippen LogP contribution in [0.4, 0.5) is 0 Å². The molecule has 2 nitrogen and oxygen atoms in total. The van der Waals surface area contributed by atoms with E-state index < -0.39 is 0 Å². The zero-order valence-electron chi connectivity index (χ0n) is 35.2. The molecule has 0 spiro atoms. The summed E-state index contributed by atoms with van der Waals surface area (Å²) in [6.45, 7) is 4.73. The van der Waals surface area contributed by atoms with E-state index in [1.807, 2.05) is 6.07 Å². The molecule has 2 heteroatoms. The molecule has 0 N–H and O–H groups in total. The minimum Gasteiger partial charge on any atom is -0.228 e. The van der Waals surface area contributed by atoms with Crippen molar-refractivity contribution < 1.29 is 0 Å². The normalized spacial score (nSPS) is 12.7. The van der Waals surface area contributed by atoms with Gasteiger partial charge in [0.05, 0.1) is 11.4 Å². The number of nitrogens with zero attached hydrogens (tertiary/aromatic N) is 2. The lowest BCUT2D eigenvalue weighted by atomic mass is 9.80. The first kappa shape index (κ1) is 36.9. The molecule has 63 heavy (non-hydrogen) atoms. The summed E-state index contributed by atoms with van der Waals surface area (Å²) in [7, 11) is 0. The van der Waals surface area contributed by atoms with Gasteiger partial charge in [-0.15, -0.1) is 0 Å². The van der Waals surface area contributed by atoms with Crippen molar-refractivity contribution in [3.8, 4) is 78.4 Å². The van der Waals surface area contributed by atoms with Gasteiger partial charge in [0, 0.05) is 22.1 Å². The molecule has 0 unspecified atom stereocenters. The zero-order chi connectivity index (χ0) is 42.1. The number of rotatable bonds is 6. The fourth-order valence-corrected chi connectivity index (χ4v) is 10.2. The fourth-order valence-electron chi connectivity index (χ4n) is 10.2. The highest BCUT2D eigenvalue weighted by Crippen LogP contribution is 2.52. The molecular formula is C61H42N2. The topological polar surface area (TPSA) is 25.8 Å². The molecule has 12 rings (SSSR count). The Labute approximate surface area is 367 Å². The molecular weight excluding hydrogens is 761 g/mol. The van der Waals surface area contributed by atoms with E-state index >= 15 is 0 Å². The van der Waals surface area contributed by atoms with Crippen molar-refractivity contribution in [1.29, 1.82) is 0 Å². The molecule has 0 aliphatic heterocycles. The van der Waals surface area contributed by atoms with E-state index in [0.29, 0.717) is 5.82 Å². The third-order valence-corrected chi connectivity index (χ3v) is 13.3. The molecule has 0 fully saturated rings. The lowest BCUT2D eigenvalue weighted by Crippen LogP contribution is -2.15. The van der Waals surface area contributed by atoms with Crippen LogP contribution < -0.4 is 0 Å². The Morgan fingerprint density at radius 3 is 1.59 bits per heavy atom. The van der Waals surface area contributed by atoms with Gasteiger partial charge in [0.15, 0.2) is 5.82 Å². The number of aromatic nitrogens is 2. The van der Waals surface area contributed by atoms with Crippen LogP contribution in [0.15, 0.2) is 218 Å². The minimum atomic E-state index is -0.0989. The highest BCUT2D eigenvalue weighted by atomic mass is 14.9. The average Bonchev–Trinajstić information content (AvgIpc) is 3.59. The van der Waals surface area contributed by atoms with Crippen LogP contribution in [0, 0.1) is 0 Å². The maximum atomic E-state index is 5.34. The van der Waals surface area contributed by atoms with Gasteiger partial charge in [-0.05, 0) is 112 Å². The van der Waals surface area contributed by atoms with Gasteiger partial charge in [-0.1, -0.05) is 208 Å². The van der Waals surface area contributed by atoms with E-state index in [-0.39, 0.29) is 5.41 Å². The number of hydrogen-bond donors (Lipinski definition) is 0. The standard InChI is InChI=1S/C61H42N2/c1-61(2)56-35-31-46(37-55(56)53-32-30-41-15-7-9-22-50(41)59(53)61)49-33-34-54(52-24-11-10-23-51(49)52)60-62-57(42-16-4-3-5-17-42)38-58(63-60)43-28-26-39(27-29-43)44-19-12-20-45(36-44)48-25-13-18-40-14-6-8-21-47(40)48/h3-38H,1-2H3. The molecule has 0 radical (unpaired) electrons. The van der Waals surface area contributed by atoms with Crippen LogP contribution in [0.1, 0.15) is 25.0 Å². The van der Waals surface area contributed by atoms with Crippen LogP contribution in [-0.2, 0) is 5.41 Å². The summed E-state index contributed by atoms with van der Waals surface area (Å²) in [5.74, 6) is 0.706. The van der Waals surface area contributed by atoms with Crippen LogP contribution in [-0.4, -0.2) is 9.97 Å². The van der Waals surface area contributed by atoms with Crippen LogP contribution in [0.2, 0.25) is 0 Å². The SMILES string of the molecule is CC1(C)c2ccc(-c3ccc(-c4nc(-c5ccccc5)cc(-c5ccc(-c6cccc(-c7cccc8ccccc78)c6)cc5)n4)c4ccccc34)cc2-c2ccc3ccccc3c21. The molecule has 11 aromatic rings. The van der Waals surface area contributed by atoms with Crippen molar-refractivity contribution >= 4 is 32.3 Å². The first-order chi connectivity index (χ1) is 31.0. The zero-order valence-corrected chi connectivity index (χ0v) is 35.2. The van der Waals surface area contributed by atoms with Gasteiger partial charge < -0.3 is 0 Å². The molecule has 1 aromatic heterocycles. The van der Waals surface area contributed by atoms with E-state index in [2.05, 4.69) is 226 Å². The largest absolute Gasteiger partial charge is 0.228 e. The summed E-state index contributed by atoms with van der Waals surface area (Å²) >= 11 is 0. The summed E-state index contributed by atoms with van der Waals surface area (Å²) in [5.41, 5.74) is 17.4.